The number of aliphatic hydroxyl groups excluding tert-OH is 2. The molecule has 0 amide bonds. The number of nitrogens with zero attached hydrogens (tertiary/aromatic N) is 1. The van der Waals surface area contributed by atoms with E-state index in [-0.39, 0.29) is 10.9 Å². The Morgan fingerprint density at radius 1 is 1.46 bits per heavy atom. The van der Waals surface area contributed by atoms with Crippen LogP contribution in [0.3, 0.4) is 0 Å². The topological polar surface area (TPSA) is 53.4 Å². The average Bonchev–Trinajstić information content (AvgIpc) is 2.15. The van der Waals surface area contributed by atoms with E-state index in [1.165, 1.54) is 6.20 Å². The van der Waals surface area contributed by atoms with Crippen molar-refractivity contribution in [2.24, 2.45) is 0 Å². The molecule has 72 valence electrons. The summed E-state index contributed by atoms with van der Waals surface area (Å²) in [5.74, 6) is -0.529. The van der Waals surface area contributed by atoms with Crippen molar-refractivity contribution in [2.75, 3.05) is 5.33 Å². The van der Waals surface area contributed by atoms with Crippen LogP contribution in [0.4, 0.5) is 4.39 Å². The van der Waals surface area contributed by atoms with Gasteiger partial charge in [0, 0.05) is 17.1 Å². The van der Waals surface area contributed by atoms with Crippen molar-refractivity contribution in [2.45, 2.75) is 12.2 Å². The minimum absolute atomic E-state index is 0.227. The van der Waals surface area contributed by atoms with E-state index in [2.05, 4.69) is 20.9 Å². The summed E-state index contributed by atoms with van der Waals surface area (Å²) in [4.78, 5) is 3.56. The van der Waals surface area contributed by atoms with Gasteiger partial charge in [-0.2, -0.15) is 0 Å². The van der Waals surface area contributed by atoms with Crippen LogP contribution in [-0.2, 0) is 0 Å². The molecular weight excluding hydrogens is 241 g/mol. The second-order valence-electron chi connectivity index (χ2n) is 2.60. The van der Waals surface area contributed by atoms with Gasteiger partial charge in [-0.3, -0.25) is 4.98 Å². The zero-order chi connectivity index (χ0) is 9.84. The molecule has 0 radical (unpaired) electrons. The van der Waals surface area contributed by atoms with Gasteiger partial charge >= 0.3 is 0 Å². The smallest absolute Gasteiger partial charge is 0.141 e. The fraction of sp³-hybridized carbons (Fsp3) is 0.375. The maximum atomic E-state index is 12.6. The van der Waals surface area contributed by atoms with Crippen LogP contribution in [0.2, 0.25) is 0 Å². The summed E-state index contributed by atoms with van der Waals surface area (Å²) in [5.41, 5.74) is 0.270. The summed E-state index contributed by atoms with van der Waals surface area (Å²) >= 11 is 3.01. The third-order valence-electron chi connectivity index (χ3n) is 1.59. The summed E-state index contributed by atoms with van der Waals surface area (Å²) in [6.45, 7) is 0. The normalized spacial score (nSPS) is 15.4. The van der Waals surface area contributed by atoms with Crippen LogP contribution in [0, 0.1) is 5.82 Å². The number of alkyl halides is 1. The highest BCUT2D eigenvalue weighted by molar-refractivity contribution is 9.09. The molecule has 1 rings (SSSR count). The first-order valence-corrected chi connectivity index (χ1v) is 4.80. The third-order valence-corrected chi connectivity index (χ3v) is 2.25. The zero-order valence-electron chi connectivity index (χ0n) is 6.69. The molecule has 3 nitrogen and oxygen atoms in total. The second-order valence-corrected chi connectivity index (χ2v) is 3.25. The van der Waals surface area contributed by atoms with Crippen molar-refractivity contribution in [3.8, 4) is 0 Å². The van der Waals surface area contributed by atoms with Crippen molar-refractivity contribution in [1.82, 2.24) is 4.98 Å². The van der Waals surface area contributed by atoms with E-state index >= 15 is 0 Å². The monoisotopic (exact) mass is 249 g/mol. The lowest BCUT2D eigenvalue weighted by Crippen LogP contribution is -2.19. The van der Waals surface area contributed by atoms with Gasteiger partial charge in [-0.25, -0.2) is 4.39 Å². The first-order valence-electron chi connectivity index (χ1n) is 3.67. The van der Waals surface area contributed by atoms with Gasteiger partial charge < -0.3 is 10.2 Å². The molecular formula is C8H9BrFNO2. The lowest BCUT2D eigenvalue weighted by Gasteiger charge is -2.14. The maximum absolute atomic E-state index is 12.6. The summed E-state index contributed by atoms with van der Waals surface area (Å²) in [7, 11) is 0. The molecule has 13 heavy (non-hydrogen) atoms. The minimum Gasteiger partial charge on any atom is -0.389 e. The highest BCUT2D eigenvalue weighted by atomic mass is 79.9. The van der Waals surface area contributed by atoms with Crippen LogP contribution in [0.25, 0.3) is 0 Å². The predicted molar refractivity (Wildman–Crippen MR) is 49.0 cm³/mol. The van der Waals surface area contributed by atoms with Crippen LogP contribution >= 0.6 is 15.9 Å². The van der Waals surface area contributed by atoms with Gasteiger partial charge in [0.1, 0.15) is 11.9 Å². The summed E-state index contributed by atoms with van der Waals surface area (Å²) < 4.78 is 12.6. The van der Waals surface area contributed by atoms with Crippen LogP contribution < -0.4 is 0 Å². The van der Waals surface area contributed by atoms with E-state index in [0.29, 0.717) is 0 Å². The van der Waals surface area contributed by atoms with Crippen molar-refractivity contribution >= 4 is 15.9 Å². The molecule has 0 bridgehead atoms. The Hall–Kier alpha value is -0.520. The third kappa shape index (κ3) is 2.72. The quantitative estimate of drug-likeness (QED) is 0.787. The SMILES string of the molecule is OC(CBr)C(O)c1cncc(F)c1. The summed E-state index contributed by atoms with van der Waals surface area (Å²) in [6, 6.07) is 1.14. The van der Waals surface area contributed by atoms with E-state index in [1.807, 2.05) is 0 Å². The van der Waals surface area contributed by atoms with Crippen molar-refractivity contribution in [3.05, 3.63) is 29.8 Å². The molecule has 0 spiro atoms. The molecule has 0 saturated carbocycles. The second kappa shape index (κ2) is 4.64. The Bertz CT molecular complexity index is 285. The lowest BCUT2D eigenvalue weighted by atomic mass is 10.1. The summed E-state index contributed by atoms with van der Waals surface area (Å²) in [5, 5.41) is 18.9. The van der Waals surface area contributed by atoms with Gasteiger partial charge in [0.25, 0.3) is 0 Å². The van der Waals surface area contributed by atoms with Gasteiger partial charge in [-0.15, -0.1) is 0 Å². The average molecular weight is 250 g/mol. The Balaban J connectivity index is 2.82. The molecule has 0 aliphatic rings. The van der Waals surface area contributed by atoms with E-state index < -0.39 is 18.0 Å². The van der Waals surface area contributed by atoms with Gasteiger partial charge in [-0.1, -0.05) is 15.9 Å². The number of hydrogen-bond acceptors (Lipinski definition) is 3. The van der Waals surface area contributed by atoms with Crippen molar-refractivity contribution in [1.29, 1.82) is 0 Å². The van der Waals surface area contributed by atoms with Crippen LogP contribution in [0.5, 0.6) is 0 Å². The Kier molecular flexibility index (Phi) is 3.77. The number of halogens is 2. The molecule has 0 saturated heterocycles. The number of rotatable bonds is 3. The van der Waals surface area contributed by atoms with E-state index in [1.54, 1.807) is 0 Å². The molecule has 2 unspecified atom stereocenters. The zero-order valence-corrected chi connectivity index (χ0v) is 8.28. The Morgan fingerprint density at radius 2 is 2.15 bits per heavy atom. The molecule has 0 fully saturated rings. The molecule has 0 aliphatic carbocycles. The maximum Gasteiger partial charge on any atom is 0.141 e. The van der Waals surface area contributed by atoms with Gasteiger partial charge in [0.2, 0.25) is 0 Å². The van der Waals surface area contributed by atoms with Crippen molar-refractivity contribution in [3.63, 3.8) is 0 Å². The van der Waals surface area contributed by atoms with Gasteiger partial charge in [-0.05, 0) is 6.07 Å². The lowest BCUT2D eigenvalue weighted by molar-refractivity contribution is 0.0338. The molecule has 0 aromatic carbocycles. The molecule has 2 atom stereocenters. The van der Waals surface area contributed by atoms with Crippen LogP contribution in [-0.4, -0.2) is 26.6 Å². The van der Waals surface area contributed by atoms with Crippen LogP contribution in [0.15, 0.2) is 18.5 Å². The molecule has 0 aliphatic heterocycles. The van der Waals surface area contributed by atoms with Gasteiger partial charge in [0.05, 0.1) is 12.3 Å². The number of pyridine rings is 1. The van der Waals surface area contributed by atoms with Crippen LogP contribution in [0.1, 0.15) is 11.7 Å². The van der Waals surface area contributed by atoms with E-state index in [0.717, 1.165) is 12.3 Å². The Labute approximate surface area is 83.4 Å². The first kappa shape index (κ1) is 10.6. The summed E-state index contributed by atoms with van der Waals surface area (Å²) in [6.07, 6.45) is 0.294. The fourth-order valence-corrected chi connectivity index (χ4v) is 1.25. The number of hydrogen-bond donors (Lipinski definition) is 2. The largest absolute Gasteiger partial charge is 0.389 e. The Morgan fingerprint density at radius 3 is 2.69 bits per heavy atom. The molecule has 1 heterocycles. The number of aromatic nitrogens is 1. The van der Waals surface area contributed by atoms with Crippen molar-refractivity contribution < 1.29 is 14.6 Å². The van der Waals surface area contributed by atoms with E-state index in [9.17, 15) is 14.6 Å². The molecule has 1 aromatic heterocycles. The minimum atomic E-state index is -1.11. The molecule has 2 N–H and O–H groups in total. The number of aliphatic hydroxyl groups is 2. The molecule has 1 aromatic rings. The first-order chi connectivity index (χ1) is 6.15. The fourth-order valence-electron chi connectivity index (χ4n) is 0.897. The highest BCUT2D eigenvalue weighted by Gasteiger charge is 2.17. The molecule has 5 heteroatoms. The highest BCUT2D eigenvalue weighted by Crippen LogP contribution is 2.17. The van der Waals surface area contributed by atoms with Gasteiger partial charge in [0.15, 0.2) is 0 Å². The van der Waals surface area contributed by atoms with E-state index in [4.69, 9.17) is 0 Å². The standard InChI is InChI=1S/C8H9BrFNO2/c9-2-7(12)8(13)5-1-6(10)4-11-3-5/h1,3-4,7-8,12-13H,2H2. The predicted octanol–water partition coefficient (Wildman–Crippen LogP) is 1.01.